The summed E-state index contributed by atoms with van der Waals surface area (Å²) in [5.74, 6) is 1.03. The fourth-order valence-corrected chi connectivity index (χ4v) is 4.39. The molecule has 2 saturated carbocycles. The minimum Gasteiger partial charge on any atom is -0.212 e. The van der Waals surface area contributed by atoms with Crippen molar-refractivity contribution in [1.29, 1.82) is 0 Å². The first-order valence-electron chi connectivity index (χ1n) is 4.01. The predicted octanol–water partition coefficient (Wildman–Crippen LogP) is 1.74. The van der Waals surface area contributed by atoms with Gasteiger partial charge in [0, 0.05) is 10.7 Å². The van der Waals surface area contributed by atoms with Crippen LogP contribution < -0.4 is 0 Å². The van der Waals surface area contributed by atoms with E-state index < -0.39 is 9.05 Å². The fraction of sp³-hybridized carbons (Fsp3) is 1.00. The fourth-order valence-electron chi connectivity index (χ4n) is 2.53. The maximum absolute atomic E-state index is 11.0. The van der Waals surface area contributed by atoms with Gasteiger partial charge in [0.2, 0.25) is 9.05 Å². The Labute approximate surface area is 71.3 Å². The van der Waals surface area contributed by atoms with Gasteiger partial charge in [0.1, 0.15) is 0 Å². The molecule has 0 heterocycles. The van der Waals surface area contributed by atoms with Crippen molar-refractivity contribution in [2.24, 2.45) is 11.8 Å². The van der Waals surface area contributed by atoms with Gasteiger partial charge in [-0.3, -0.25) is 0 Å². The summed E-state index contributed by atoms with van der Waals surface area (Å²) < 4.78 is 22.0. The Morgan fingerprint density at radius 2 is 1.91 bits per heavy atom. The van der Waals surface area contributed by atoms with Crippen molar-refractivity contribution in [1.82, 2.24) is 0 Å². The van der Waals surface area contributed by atoms with Gasteiger partial charge in [0.05, 0.1) is 5.25 Å². The zero-order chi connectivity index (χ0) is 8.06. The van der Waals surface area contributed by atoms with E-state index in [0.717, 1.165) is 19.3 Å². The van der Waals surface area contributed by atoms with Gasteiger partial charge in [0.25, 0.3) is 0 Å². The molecule has 0 unspecified atom stereocenters. The zero-order valence-electron chi connectivity index (χ0n) is 6.16. The van der Waals surface area contributed by atoms with Crippen LogP contribution in [0.5, 0.6) is 0 Å². The monoisotopic (exact) mass is 194 g/mol. The van der Waals surface area contributed by atoms with Gasteiger partial charge < -0.3 is 0 Å². The molecule has 0 aromatic carbocycles. The van der Waals surface area contributed by atoms with Crippen molar-refractivity contribution in [3.05, 3.63) is 0 Å². The van der Waals surface area contributed by atoms with E-state index >= 15 is 0 Å². The maximum Gasteiger partial charge on any atom is 0.235 e. The number of hydrogen-bond acceptors (Lipinski definition) is 2. The molecule has 0 aromatic rings. The van der Waals surface area contributed by atoms with Crippen LogP contribution in [0.4, 0.5) is 0 Å². The van der Waals surface area contributed by atoms with Crippen molar-refractivity contribution in [2.45, 2.75) is 30.9 Å². The minimum absolute atomic E-state index is 0.220. The van der Waals surface area contributed by atoms with Gasteiger partial charge >= 0.3 is 0 Å². The van der Waals surface area contributed by atoms with E-state index in [1.54, 1.807) is 0 Å². The number of rotatable bonds is 1. The van der Waals surface area contributed by atoms with Gasteiger partial charge in [-0.2, -0.15) is 0 Å². The van der Waals surface area contributed by atoms with Gasteiger partial charge in [-0.05, 0) is 31.1 Å². The molecule has 2 aliphatic rings. The molecule has 0 aliphatic heterocycles. The van der Waals surface area contributed by atoms with Crippen molar-refractivity contribution < 1.29 is 8.42 Å². The Kier molecular flexibility index (Phi) is 1.69. The van der Waals surface area contributed by atoms with Crippen LogP contribution >= 0.6 is 10.7 Å². The molecule has 2 aliphatic carbocycles. The quantitative estimate of drug-likeness (QED) is 0.596. The molecule has 4 heteroatoms. The summed E-state index contributed by atoms with van der Waals surface area (Å²) in [6.45, 7) is 0. The Morgan fingerprint density at radius 3 is 2.18 bits per heavy atom. The average Bonchev–Trinajstić information content (AvgIpc) is 2.42. The molecule has 0 spiro atoms. The summed E-state index contributed by atoms with van der Waals surface area (Å²) in [4.78, 5) is 0. The smallest absolute Gasteiger partial charge is 0.212 e. The highest BCUT2D eigenvalue weighted by Gasteiger charge is 2.45. The van der Waals surface area contributed by atoms with Crippen molar-refractivity contribution >= 4 is 19.7 Å². The summed E-state index contributed by atoms with van der Waals surface area (Å²) in [6, 6.07) is 0. The Balaban J connectivity index is 2.21. The first-order valence-corrected chi connectivity index (χ1v) is 6.38. The van der Waals surface area contributed by atoms with E-state index in [2.05, 4.69) is 0 Å². The lowest BCUT2D eigenvalue weighted by Crippen LogP contribution is -2.22. The van der Waals surface area contributed by atoms with Gasteiger partial charge in [-0.25, -0.2) is 8.42 Å². The molecule has 0 aromatic heterocycles. The highest BCUT2D eigenvalue weighted by molar-refractivity contribution is 8.14. The van der Waals surface area contributed by atoms with Crippen LogP contribution in [0.1, 0.15) is 25.7 Å². The lowest BCUT2D eigenvalue weighted by molar-refractivity contribution is 0.470. The maximum atomic E-state index is 11.0. The Bertz CT molecular complexity index is 260. The third-order valence-corrected chi connectivity index (χ3v) is 5.02. The molecule has 0 N–H and O–H groups in total. The van der Waals surface area contributed by atoms with E-state index in [1.807, 2.05) is 0 Å². The molecule has 64 valence electrons. The third-order valence-electron chi connectivity index (χ3n) is 3.03. The van der Waals surface area contributed by atoms with E-state index in [9.17, 15) is 8.42 Å². The van der Waals surface area contributed by atoms with Gasteiger partial charge in [0.15, 0.2) is 0 Å². The summed E-state index contributed by atoms with van der Waals surface area (Å²) in [5, 5.41) is -0.220. The second-order valence-electron chi connectivity index (χ2n) is 3.69. The average molecular weight is 195 g/mol. The molecule has 11 heavy (non-hydrogen) atoms. The van der Waals surface area contributed by atoms with E-state index in [-0.39, 0.29) is 5.25 Å². The molecule has 0 amide bonds. The normalized spacial score (nSPS) is 43.2. The number of fused-ring (bicyclic) bond motifs is 2. The van der Waals surface area contributed by atoms with E-state index in [0.29, 0.717) is 11.8 Å². The highest BCUT2D eigenvalue weighted by Crippen LogP contribution is 2.48. The standard InChI is InChI=1S/C7H11ClO2S/c8-11(9,10)7-4-5-1-2-6(7)3-5/h5-7H,1-4H2/t5-,6-,7+/m1/s1. The first-order chi connectivity index (χ1) is 5.07. The highest BCUT2D eigenvalue weighted by atomic mass is 35.7. The van der Waals surface area contributed by atoms with Crippen molar-refractivity contribution in [3.8, 4) is 0 Å². The van der Waals surface area contributed by atoms with Gasteiger partial charge in [-0.1, -0.05) is 6.42 Å². The number of hydrogen-bond donors (Lipinski definition) is 0. The molecule has 2 fully saturated rings. The van der Waals surface area contributed by atoms with Gasteiger partial charge in [-0.15, -0.1) is 0 Å². The summed E-state index contributed by atoms with van der Waals surface area (Å²) >= 11 is 0. The van der Waals surface area contributed by atoms with Crippen molar-refractivity contribution in [3.63, 3.8) is 0 Å². The lowest BCUT2D eigenvalue weighted by atomic mass is 10.0. The third kappa shape index (κ3) is 1.29. The van der Waals surface area contributed by atoms with Crippen LogP contribution in [0.3, 0.4) is 0 Å². The SMILES string of the molecule is O=S(=O)(Cl)[C@H]1C[C@@H]2CC[C@@H]1C2. The zero-order valence-corrected chi connectivity index (χ0v) is 7.74. The molecule has 0 radical (unpaired) electrons. The predicted molar refractivity (Wildman–Crippen MR) is 44.0 cm³/mol. The van der Waals surface area contributed by atoms with Crippen LogP contribution in [0.25, 0.3) is 0 Å². The first kappa shape index (κ1) is 7.87. The second kappa shape index (κ2) is 2.36. The van der Waals surface area contributed by atoms with Crippen LogP contribution in [0.2, 0.25) is 0 Å². The van der Waals surface area contributed by atoms with Crippen molar-refractivity contribution in [2.75, 3.05) is 0 Å². The molecule has 3 atom stereocenters. The van der Waals surface area contributed by atoms with Crippen LogP contribution in [-0.2, 0) is 9.05 Å². The Hall–Kier alpha value is 0.240. The molecule has 2 rings (SSSR count). The summed E-state index contributed by atoms with van der Waals surface area (Å²) in [7, 11) is 2.04. The second-order valence-corrected chi connectivity index (χ2v) is 6.54. The Morgan fingerprint density at radius 1 is 1.18 bits per heavy atom. The molecule has 2 nitrogen and oxygen atoms in total. The summed E-state index contributed by atoms with van der Waals surface area (Å²) in [5.41, 5.74) is 0. The van der Waals surface area contributed by atoms with Crippen LogP contribution in [0, 0.1) is 11.8 Å². The van der Waals surface area contributed by atoms with E-state index in [4.69, 9.17) is 10.7 Å². The topological polar surface area (TPSA) is 34.1 Å². The lowest BCUT2D eigenvalue weighted by Gasteiger charge is -2.17. The summed E-state index contributed by atoms with van der Waals surface area (Å²) in [6.07, 6.45) is 4.20. The van der Waals surface area contributed by atoms with Crippen LogP contribution in [-0.4, -0.2) is 13.7 Å². The largest absolute Gasteiger partial charge is 0.235 e. The molecule has 0 saturated heterocycles. The minimum atomic E-state index is -3.26. The molecule has 2 bridgehead atoms. The van der Waals surface area contributed by atoms with E-state index in [1.165, 1.54) is 6.42 Å². The molecular formula is C7H11ClO2S. The molecular weight excluding hydrogens is 184 g/mol. The number of halogens is 1. The van der Waals surface area contributed by atoms with Crippen LogP contribution in [0.15, 0.2) is 0 Å².